The summed E-state index contributed by atoms with van der Waals surface area (Å²) in [6.07, 6.45) is 7.54. The van der Waals surface area contributed by atoms with Crippen molar-refractivity contribution in [2.24, 2.45) is 0 Å². The van der Waals surface area contributed by atoms with Crippen molar-refractivity contribution in [3.8, 4) is 0 Å². The van der Waals surface area contributed by atoms with Gasteiger partial charge in [0.25, 0.3) is 5.91 Å². The second-order valence-corrected chi connectivity index (χ2v) is 6.40. The van der Waals surface area contributed by atoms with E-state index in [0.29, 0.717) is 18.7 Å². The van der Waals surface area contributed by atoms with Crippen molar-refractivity contribution in [2.75, 3.05) is 20.1 Å². The molecule has 1 atom stereocenters. The lowest BCUT2D eigenvalue weighted by atomic mass is 9.80. The van der Waals surface area contributed by atoms with E-state index in [-0.39, 0.29) is 17.4 Å². The number of hydrogen-bond donors (Lipinski definition) is 0. The molecule has 6 nitrogen and oxygen atoms in total. The number of amides is 2. The fourth-order valence-corrected chi connectivity index (χ4v) is 3.60. The standard InChI is InChI=1S/C16H22N4O2/c1-12-9-18-13(10-17-12)15(22)20-8-4-7-16(11-20)6-3-5-14(21)19(16)2/h9-10H,3-8,11H2,1-2H3/t16-/m1/s1. The summed E-state index contributed by atoms with van der Waals surface area (Å²) in [5, 5.41) is 0. The Kier molecular flexibility index (Phi) is 3.85. The molecule has 1 spiro atoms. The fraction of sp³-hybridized carbons (Fsp3) is 0.625. The second kappa shape index (κ2) is 5.66. The summed E-state index contributed by atoms with van der Waals surface area (Å²) < 4.78 is 0. The zero-order chi connectivity index (χ0) is 15.7. The van der Waals surface area contributed by atoms with E-state index in [1.165, 1.54) is 6.20 Å². The normalized spacial score (nSPS) is 25.6. The molecule has 2 saturated heterocycles. The zero-order valence-corrected chi connectivity index (χ0v) is 13.2. The van der Waals surface area contributed by atoms with E-state index >= 15 is 0 Å². The highest BCUT2D eigenvalue weighted by Gasteiger charge is 2.44. The summed E-state index contributed by atoms with van der Waals surface area (Å²) in [6.45, 7) is 3.17. The first kappa shape index (κ1) is 14.9. The minimum atomic E-state index is -0.193. The molecule has 1 aromatic rings. The van der Waals surface area contributed by atoms with Gasteiger partial charge < -0.3 is 9.80 Å². The van der Waals surface area contributed by atoms with E-state index in [2.05, 4.69) is 9.97 Å². The molecule has 2 aliphatic heterocycles. The van der Waals surface area contributed by atoms with Gasteiger partial charge in [-0.25, -0.2) is 4.98 Å². The minimum Gasteiger partial charge on any atom is -0.338 e. The topological polar surface area (TPSA) is 66.4 Å². The van der Waals surface area contributed by atoms with Gasteiger partial charge in [-0.05, 0) is 32.6 Å². The minimum absolute atomic E-state index is 0.0852. The third-order valence-electron chi connectivity index (χ3n) is 4.96. The van der Waals surface area contributed by atoms with Gasteiger partial charge in [-0.1, -0.05) is 0 Å². The number of aromatic nitrogens is 2. The van der Waals surface area contributed by atoms with Crippen molar-refractivity contribution in [1.82, 2.24) is 19.8 Å². The van der Waals surface area contributed by atoms with Crippen LogP contribution in [-0.4, -0.2) is 57.3 Å². The van der Waals surface area contributed by atoms with Crippen molar-refractivity contribution in [2.45, 2.75) is 44.6 Å². The first-order valence-electron chi connectivity index (χ1n) is 7.86. The Morgan fingerprint density at radius 2 is 2.00 bits per heavy atom. The average molecular weight is 302 g/mol. The molecular weight excluding hydrogens is 280 g/mol. The van der Waals surface area contributed by atoms with Gasteiger partial charge >= 0.3 is 0 Å². The molecule has 3 rings (SSSR count). The molecule has 0 unspecified atom stereocenters. The Bertz CT molecular complexity index is 582. The molecule has 6 heteroatoms. The van der Waals surface area contributed by atoms with E-state index in [1.54, 1.807) is 6.20 Å². The average Bonchev–Trinajstić information content (AvgIpc) is 2.53. The van der Waals surface area contributed by atoms with Crippen LogP contribution in [0.15, 0.2) is 12.4 Å². The van der Waals surface area contributed by atoms with Crippen molar-refractivity contribution < 1.29 is 9.59 Å². The number of likely N-dealkylation sites (tertiary alicyclic amines) is 2. The molecule has 0 radical (unpaired) electrons. The van der Waals surface area contributed by atoms with Gasteiger partial charge in [-0.15, -0.1) is 0 Å². The van der Waals surface area contributed by atoms with E-state index in [1.807, 2.05) is 23.8 Å². The number of hydrogen-bond acceptors (Lipinski definition) is 4. The monoisotopic (exact) mass is 302 g/mol. The Morgan fingerprint density at radius 1 is 1.23 bits per heavy atom. The largest absolute Gasteiger partial charge is 0.338 e. The second-order valence-electron chi connectivity index (χ2n) is 6.40. The van der Waals surface area contributed by atoms with Crippen LogP contribution in [-0.2, 0) is 4.79 Å². The summed E-state index contributed by atoms with van der Waals surface area (Å²) in [4.78, 5) is 36.7. The smallest absolute Gasteiger partial charge is 0.274 e. The van der Waals surface area contributed by atoms with Crippen LogP contribution in [0.2, 0.25) is 0 Å². The molecule has 118 valence electrons. The molecular formula is C16H22N4O2. The van der Waals surface area contributed by atoms with Crippen LogP contribution in [0.1, 0.15) is 48.3 Å². The first-order chi connectivity index (χ1) is 10.5. The number of carbonyl (C=O) groups is 2. The molecule has 0 aromatic carbocycles. The van der Waals surface area contributed by atoms with Crippen LogP contribution in [0.5, 0.6) is 0 Å². The molecule has 0 aliphatic carbocycles. The van der Waals surface area contributed by atoms with Gasteiger partial charge in [-0.2, -0.15) is 0 Å². The lowest BCUT2D eigenvalue weighted by Gasteiger charge is -2.50. The highest BCUT2D eigenvalue weighted by Crippen LogP contribution is 2.35. The third-order valence-corrected chi connectivity index (χ3v) is 4.96. The molecule has 0 bridgehead atoms. The van der Waals surface area contributed by atoms with Crippen LogP contribution < -0.4 is 0 Å². The van der Waals surface area contributed by atoms with E-state index in [0.717, 1.165) is 37.9 Å². The van der Waals surface area contributed by atoms with Gasteiger partial charge in [0.15, 0.2) is 0 Å². The summed E-state index contributed by atoms with van der Waals surface area (Å²) >= 11 is 0. The maximum atomic E-state index is 12.6. The highest BCUT2D eigenvalue weighted by atomic mass is 16.2. The number of carbonyl (C=O) groups excluding carboxylic acids is 2. The number of piperidine rings is 2. The van der Waals surface area contributed by atoms with Gasteiger partial charge in [0, 0.05) is 32.8 Å². The van der Waals surface area contributed by atoms with Gasteiger partial charge in [0.05, 0.1) is 17.4 Å². The quantitative estimate of drug-likeness (QED) is 0.786. The molecule has 22 heavy (non-hydrogen) atoms. The van der Waals surface area contributed by atoms with Gasteiger partial charge in [-0.3, -0.25) is 14.6 Å². The highest BCUT2D eigenvalue weighted by molar-refractivity contribution is 5.92. The number of aryl methyl sites for hydroxylation is 1. The van der Waals surface area contributed by atoms with Gasteiger partial charge in [0.1, 0.15) is 5.69 Å². The third kappa shape index (κ3) is 2.58. The van der Waals surface area contributed by atoms with Crippen molar-refractivity contribution in [3.63, 3.8) is 0 Å². The van der Waals surface area contributed by atoms with Crippen LogP contribution in [0.3, 0.4) is 0 Å². The molecule has 1 aromatic heterocycles. The van der Waals surface area contributed by atoms with Crippen molar-refractivity contribution in [1.29, 1.82) is 0 Å². The molecule has 2 fully saturated rings. The summed E-state index contributed by atoms with van der Waals surface area (Å²) in [6, 6.07) is 0. The van der Waals surface area contributed by atoms with E-state index < -0.39 is 0 Å². The Labute approximate surface area is 130 Å². The molecule has 3 heterocycles. The van der Waals surface area contributed by atoms with Gasteiger partial charge in [0.2, 0.25) is 5.91 Å². The van der Waals surface area contributed by atoms with Crippen LogP contribution in [0.25, 0.3) is 0 Å². The van der Waals surface area contributed by atoms with E-state index in [4.69, 9.17) is 0 Å². The summed E-state index contributed by atoms with van der Waals surface area (Å²) in [7, 11) is 1.88. The van der Waals surface area contributed by atoms with Crippen molar-refractivity contribution >= 4 is 11.8 Å². The summed E-state index contributed by atoms with van der Waals surface area (Å²) in [5.74, 6) is 0.105. The van der Waals surface area contributed by atoms with Crippen molar-refractivity contribution in [3.05, 3.63) is 23.8 Å². The summed E-state index contributed by atoms with van der Waals surface area (Å²) in [5.41, 5.74) is 0.984. The number of rotatable bonds is 1. The lowest BCUT2D eigenvalue weighted by Crippen LogP contribution is -2.61. The Balaban J connectivity index is 1.79. The molecule has 2 amide bonds. The Hall–Kier alpha value is -1.98. The zero-order valence-electron chi connectivity index (χ0n) is 13.2. The molecule has 2 aliphatic rings. The van der Waals surface area contributed by atoms with Crippen LogP contribution in [0.4, 0.5) is 0 Å². The maximum Gasteiger partial charge on any atom is 0.274 e. The lowest BCUT2D eigenvalue weighted by molar-refractivity contribution is -0.142. The predicted octanol–water partition coefficient (Wildman–Crippen LogP) is 1.40. The number of nitrogens with zero attached hydrogens (tertiary/aromatic N) is 4. The predicted molar refractivity (Wildman–Crippen MR) is 81.3 cm³/mol. The van der Waals surface area contributed by atoms with E-state index in [9.17, 15) is 9.59 Å². The molecule has 0 saturated carbocycles. The number of likely N-dealkylation sites (N-methyl/N-ethyl adjacent to an activating group) is 1. The fourth-order valence-electron chi connectivity index (χ4n) is 3.60. The van der Waals surface area contributed by atoms with Crippen LogP contribution >= 0.6 is 0 Å². The molecule has 0 N–H and O–H groups in total. The maximum absolute atomic E-state index is 12.6. The van der Waals surface area contributed by atoms with Crippen LogP contribution in [0, 0.1) is 6.92 Å². The first-order valence-corrected chi connectivity index (χ1v) is 7.86. The Morgan fingerprint density at radius 3 is 2.73 bits per heavy atom. The SMILES string of the molecule is Cc1cnc(C(=O)N2CCC[C@]3(CCCC(=O)N3C)C2)cn1.